The van der Waals surface area contributed by atoms with Crippen molar-refractivity contribution in [2.75, 3.05) is 6.61 Å². The second-order valence-electron chi connectivity index (χ2n) is 5.30. The van der Waals surface area contributed by atoms with E-state index in [1.54, 1.807) is 6.92 Å². The molecule has 2 N–H and O–H groups in total. The fourth-order valence-electron chi connectivity index (χ4n) is 1.82. The van der Waals surface area contributed by atoms with Crippen molar-refractivity contribution in [2.24, 2.45) is 5.73 Å². The van der Waals surface area contributed by atoms with E-state index in [0.717, 1.165) is 5.75 Å². The van der Waals surface area contributed by atoms with E-state index in [1.807, 2.05) is 12.1 Å². The van der Waals surface area contributed by atoms with Gasteiger partial charge in [0.2, 0.25) is 0 Å². The molecule has 1 atom stereocenters. The van der Waals surface area contributed by atoms with Crippen LogP contribution in [0.5, 0.6) is 5.75 Å². The summed E-state index contributed by atoms with van der Waals surface area (Å²) in [7, 11) is 0. The summed E-state index contributed by atoms with van der Waals surface area (Å²) in [6.07, 6.45) is 0.522. The third kappa shape index (κ3) is 4.05. The number of nitrogens with zero attached hydrogens (tertiary/aromatic N) is 1. The summed E-state index contributed by atoms with van der Waals surface area (Å²) >= 11 is 0. The third-order valence-electron chi connectivity index (χ3n) is 3.01. The van der Waals surface area contributed by atoms with Gasteiger partial charge in [-0.15, -0.1) is 0 Å². The number of hydrogen-bond acceptors (Lipinski definition) is 3. The second-order valence-corrected chi connectivity index (χ2v) is 5.30. The summed E-state index contributed by atoms with van der Waals surface area (Å²) in [6, 6.07) is 8.17. The first-order valence-corrected chi connectivity index (χ1v) is 6.29. The van der Waals surface area contributed by atoms with Crippen LogP contribution < -0.4 is 10.5 Å². The summed E-state index contributed by atoms with van der Waals surface area (Å²) in [5, 5.41) is 8.80. The summed E-state index contributed by atoms with van der Waals surface area (Å²) in [6.45, 7) is 8.61. The Morgan fingerprint density at radius 3 is 2.61 bits per heavy atom. The zero-order valence-corrected chi connectivity index (χ0v) is 11.7. The molecule has 0 aliphatic carbocycles. The van der Waals surface area contributed by atoms with Crippen molar-refractivity contribution in [1.29, 1.82) is 5.26 Å². The van der Waals surface area contributed by atoms with Crippen LogP contribution in [0.1, 0.15) is 44.2 Å². The van der Waals surface area contributed by atoms with Gasteiger partial charge in [-0.1, -0.05) is 19.9 Å². The minimum absolute atomic E-state index is 0.459. The maximum absolute atomic E-state index is 8.80. The van der Waals surface area contributed by atoms with Crippen molar-refractivity contribution in [1.82, 2.24) is 0 Å². The lowest BCUT2D eigenvalue weighted by Crippen LogP contribution is -2.35. The van der Waals surface area contributed by atoms with E-state index in [0.29, 0.717) is 18.9 Å². The molecule has 0 aliphatic heterocycles. The molecule has 1 unspecified atom stereocenters. The molecule has 0 aromatic heterocycles. The van der Waals surface area contributed by atoms with Gasteiger partial charge in [0.1, 0.15) is 11.3 Å². The van der Waals surface area contributed by atoms with Crippen LogP contribution in [0, 0.1) is 18.3 Å². The normalized spacial score (nSPS) is 14.1. The summed E-state index contributed by atoms with van der Waals surface area (Å²) in [5.74, 6) is 1.36. The Hall–Kier alpha value is -1.53. The lowest BCUT2D eigenvalue weighted by atomic mass is 9.98. The number of benzene rings is 1. The van der Waals surface area contributed by atoms with Crippen LogP contribution in [-0.2, 0) is 0 Å². The van der Waals surface area contributed by atoms with E-state index in [9.17, 15) is 0 Å². The van der Waals surface area contributed by atoms with E-state index in [1.165, 1.54) is 11.1 Å². The minimum Gasteiger partial charge on any atom is -0.493 e. The van der Waals surface area contributed by atoms with E-state index >= 15 is 0 Å². The Kier molecular flexibility index (Phi) is 4.75. The van der Waals surface area contributed by atoms with Crippen molar-refractivity contribution in [3.63, 3.8) is 0 Å². The first-order chi connectivity index (χ1) is 8.35. The highest BCUT2D eigenvalue weighted by atomic mass is 16.5. The van der Waals surface area contributed by atoms with Gasteiger partial charge in [-0.05, 0) is 43.0 Å². The van der Waals surface area contributed by atoms with Crippen molar-refractivity contribution >= 4 is 0 Å². The highest BCUT2D eigenvalue weighted by Crippen LogP contribution is 2.23. The van der Waals surface area contributed by atoms with Crippen molar-refractivity contribution in [2.45, 2.75) is 45.6 Å². The number of aryl methyl sites for hydroxylation is 1. The monoisotopic (exact) mass is 246 g/mol. The molecular weight excluding hydrogens is 224 g/mol. The standard InChI is InChI=1S/C15H22N2O/c1-11(2)14-6-5-13(9-12(14)3)18-8-7-15(4,17)10-16/h5-6,9,11H,7-8,17H2,1-4H3. The molecule has 0 saturated carbocycles. The Labute approximate surface area is 110 Å². The van der Waals surface area contributed by atoms with E-state index in [4.69, 9.17) is 15.7 Å². The maximum atomic E-state index is 8.80. The molecule has 0 bridgehead atoms. The zero-order valence-electron chi connectivity index (χ0n) is 11.7. The average Bonchev–Trinajstić information content (AvgIpc) is 2.28. The Morgan fingerprint density at radius 1 is 1.44 bits per heavy atom. The molecule has 1 aromatic carbocycles. The molecule has 18 heavy (non-hydrogen) atoms. The zero-order chi connectivity index (χ0) is 13.8. The highest BCUT2D eigenvalue weighted by molar-refractivity contribution is 5.36. The van der Waals surface area contributed by atoms with Crippen molar-refractivity contribution in [3.05, 3.63) is 29.3 Å². The first-order valence-electron chi connectivity index (χ1n) is 6.29. The van der Waals surface area contributed by atoms with E-state index in [-0.39, 0.29) is 0 Å². The van der Waals surface area contributed by atoms with Crippen molar-refractivity contribution < 1.29 is 4.74 Å². The van der Waals surface area contributed by atoms with Gasteiger partial charge >= 0.3 is 0 Å². The Morgan fingerprint density at radius 2 is 2.11 bits per heavy atom. The largest absolute Gasteiger partial charge is 0.493 e. The van der Waals surface area contributed by atoms with Gasteiger partial charge < -0.3 is 10.5 Å². The maximum Gasteiger partial charge on any atom is 0.119 e. The number of hydrogen-bond donors (Lipinski definition) is 1. The molecular formula is C15H22N2O. The second kappa shape index (κ2) is 5.88. The molecule has 0 radical (unpaired) electrons. The number of ether oxygens (including phenoxy) is 1. The van der Waals surface area contributed by atoms with Crippen molar-refractivity contribution in [3.8, 4) is 11.8 Å². The number of nitrogens with two attached hydrogens (primary N) is 1. The van der Waals surface area contributed by atoms with Crippen LogP contribution in [-0.4, -0.2) is 12.1 Å². The Bertz CT molecular complexity index is 444. The van der Waals surface area contributed by atoms with Gasteiger partial charge in [0, 0.05) is 6.42 Å². The van der Waals surface area contributed by atoms with Gasteiger partial charge in [0.05, 0.1) is 12.7 Å². The van der Waals surface area contributed by atoms with Crippen LogP contribution in [0.15, 0.2) is 18.2 Å². The van der Waals surface area contributed by atoms with Gasteiger partial charge in [0.25, 0.3) is 0 Å². The highest BCUT2D eigenvalue weighted by Gasteiger charge is 2.16. The molecule has 0 fully saturated rings. The lowest BCUT2D eigenvalue weighted by molar-refractivity contribution is 0.286. The molecule has 0 spiro atoms. The summed E-state index contributed by atoms with van der Waals surface area (Å²) in [4.78, 5) is 0. The fourth-order valence-corrected chi connectivity index (χ4v) is 1.82. The number of rotatable bonds is 5. The molecule has 3 heteroatoms. The van der Waals surface area contributed by atoms with Crippen LogP contribution >= 0.6 is 0 Å². The predicted molar refractivity (Wildman–Crippen MR) is 73.6 cm³/mol. The van der Waals surface area contributed by atoms with Gasteiger partial charge in [-0.25, -0.2) is 0 Å². The molecule has 1 aromatic rings. The summed E-state index contributed by atoms with van der Waals surface area (Å²) < 4.78 is 5.63. The van der Waals surface area contributed by atoms with Crippen LogP contribution in [0.2, 0.25) is 0 Å². The minimum atomic E-state index is -0.813. The predicted octanol–water partition coefficient (Wildman–Crippen LogP) is 3.13. The van der Waals surface area contributed by atoms with E-state index < -0.39 is 5.54 Å². The average molecular weight is 246 g/mol. The van der Waals surface area contributed by atoms with Crippen LogP contribution in [0.4, 0.5) is 0 Å². The quantitative estimate of drug-likeness (QED) is 0.868. The van der Waals surface area contributed by atoms with Crippen LogP contribution in [0.25, 0.3) is 0 Å². The number of nitriles is 1. The summed E-state index contributed by atoms with van der Waals surface area (Å²) in [5.41, 5.74) is 7.49. The molecule has 1 rings (SSSR count). The molecule has 0 amide bonds. The van der Waals surface area contributed by atoms with Gasteiger partial charge in [-0.3, -0.25) is 0 Å². The molecule has 98 valence electrons. The Balaban J connectivity index is 2.60. The molecule has 0 saturated heterocycles. The smallest absolute Gasteiger partial charge is 0.119 e. The third-order valence-corrected chi connectivity index (χ3v) is 3.01. The molecule has 0 heterocycles. The topological polar surface area (TPSA) is 59.0 Å². The van der Waals surface area contributed by atoms with Gasteiger partial charge in [0.15, 0.2) is 0 Å². The molecule has 3 nitrogen and oxygen atoms in total. The molecule has 0 aliphatic rings. The first kappa shape index (κ1) is 14.5. The van der Waals surface area contributed by atoms with Gasteiger partial charge in [-0.2, -0.15) is 5.26 Å². The lowest BCUT2D eigenvalue weighted by Gasteiger charge is -2.16. The fraction of sp³-hybridized carbons (Fsp3) is 0.533. The SMILES string of the molecule is Cc1cc(OCCC(C)(N)C#N)ccc1C(C)C. The van der Waals surface area contributed by atoms with Crippen LogP contribution in [0.3, 0.4) is 0 Å². The van der Waals surface area contributed by atoms with E-state index in [2.05, 4.69) is 32.9 Å².